The Balaban J connectivity index is 0.00000294. The summed E-state index contributed by atoms with van der Waals surface area (Å²) in [5.74, 6) is -0.538. The Morgan fingerprint density at radius 1 is 1.05 bits per heavy atom. The highest BCUT2D eigenvalue weighted by Gasteiger charge is 2.27. The predicted octanol–water partition coefficient (Wildman–Crippen LogP) is 2.50. The summed E-state index contributed by atoms with van der Waals surface area (Å²) in [6, 6.07) is 14.0. The number of aromatic nitrogens is 2. The van der Waals surface area contributed by atoms with Crippen LogP contribution in [0.1, 0.15) is 30.5 Å². The summed E-state index contributed by atoms with van der Waals surface area (Å²) in [5.41, 5.74) is 4.62. The largest absolute Gasteiger partial charge is 0.441 e. The average molecular weight is 609 g/mol. The van der Waals surface area contributed by atoms with Gasteiger partial charge in [0.1, 0.15) is 0 Å². The first kappa shape index (κ1) is 33.8. The highest BCUT2D eigenvalue weighted by Crippen LogP contribution is 2.28. The zero-order valence-corrected chi connectivity index (χ0v) is 25.7. The van der Waals surface area contributed by atoms with Gasteiger partial charge >= 0.3 is 5.76 Å². The fourth-order valence-corrected chi connectivity index (χ4v) is 4.60. The van der Waals surface area contributed by atoms with Crippen molar-refractivity contribution in [2.45, 2.75) is 39.9 Å². The molecule has 0 saturated heterocycles. The van der Waals surface area contributed by atoms with Crippen LogP contribution >= 0.6 is 24.8 Å². The van der Waals surface area contributed by atoms with E-state index in [1.54, 1.807) is 24.0 Å². The summed E-state index contributed by atoms with van der Waals surface area (Å²) in [4.78, 5) is 40.1. The van der Waals surface area contributed by atoms with E-state index in [4.69, 9.17) is 4.52 Å². The van der Waals surface area contributed by atoms with Gasteiger partial charge in [-0.1, -0.05) is 55.4 Å². The molecule has 2 amide bonds. The molecule has 0 spiro atoms. The zero-order valence-electron chi connectivity index (χ0n) is 24.0. The number of carbonyl (C=O) groups is 2. The molecule has 1 aliphatic rings. The molecule has 13 heteroatoms. The van der Waals surface area contributed by atoms with Crippen LogP contribution in [-0.4, -0.2) is 70.8 Å². The van der Waals surface area contributed by atoms with Crippen molar-refractivity contribution in [3.05, 3.63) is 69.7 Å². The average Bonchev–Trinajstić information content (AvgIpc) is 3.49. The Morgan fingerprint density at radius 2 is 1.71 bits per heavy atom. The van der Waals surface area contributed by atoms with Crippen LogP contribution in [0.2, 0.25) is 0 Å². The number of hydrogen-bond donors (Lipinski definition) is 2. The van der Waals surface area contributed by atoms with Gasteiger partial charge in [0.05, 0.1) is 13.1 Å². The van der Waals surface area contributed by atoms with Crippen molar-refractivity contribution in [2.24, 2.45) is 7.05 Å². The number of carbonyl (C=O) groups excluding carboxylic acids is 2. The first-order valence-electron chi connectivity index (χ1n) is 13.1. The van der Waals surface area contributed by atoms with Crippen molar-refractivity contribution in [2.75, 3.05) is 38.1 Å². The van der Waals surface area contributed by atoms with Crippen molar-refractivity contribution in [3.8, 4) is 11.4 Å². The van der Waals surface area contributed by atoms with Crippen molar-refractivity contribution in [1.29, 1.82) is 0 Å². The van der Waals surface area contributed by atoms with Crippen LogP contribution in [0.15, 0.2) is 51.8 Å². The van der Waals surface area contributed by atoms with Crippen molar-refractivity contribution < 1.29 is 14.1 Å². The molecule has 0 saturated carbocycles. The van der Waals surface area contributed by atoms with Gasteiger partial charge in [0.15, 0.2) is 5.82 Å². The monoisotopic (exact) mass is 607 g/mol. The molecule has 4 rings (SSSR count). The maximum absolute atomic E-state index is 13.5. The van der Waals surface area contributed by atoms with Gasteiger partial charge in [-0.25, -0.2) is 9.80 Å². The number of benzene rings is 2. The summed E-state index contributed by atoms with van der Waals surface area (Å²) < 4.78 is 6.12. The van der Waals surface area contributed by atoms with E-state index < -0.39 is 5.76 Å². The summed E-state index contributed by atoms with van der Waals surface area (Å²) >= 11 is 0. The van der Waals surface area contributed by atoms with Crippen molar-refractivity contribution >= 4 is 42.3 Å². The number of likely N-dealkylation sites (N-methyl/N-ethyl adjacent to an activating group) is 1. The minimum Gasteiger partial charge on any atom is -0.353 e. The first-order chi connectivity index (χ1) is 18.6. The van der Waals surface area contributed by atoms with Gasteiger partial charge in [-0.15, -0.1) is 24.8 Å². The first-order valence-corrected chi connectivity index (χ1v) is 13.1. The van der Waals surface area contributed by atoms with Crippen LogP contribution in [0.4, 0.5) is 5.69 Å². The molecular weight excluding hydrogens is 569 g/mol. The van der Waals surface area contributed by atoms with Crippen LogP contribution in [0, 0.1) is 6.92 Å². The van der Waals surface area contributed by atoms with Gasteiger partial charge in [-0.2, -0.15) is 0 Å². The smallest absolute Gasteiger partial charge is 0.353 e. The van der Waals surface area contributed by atoms with Gasteiger partial charge < -0.3 is 15.5 Å². The molecule has 41 heavy (non-hydrogen) atoms. The number of halogens is 2. The number of aryl methyl sites for hydroxylation is 1. The van der Waals surface area contributed by atoms with E-state index in [1.165, 1.54) is 15.7 Å². The topological polar surface area (TPSA) is 116 Å². The molecule has 224 valence electrons. The van der Waals surface area contributed by atoms with Crippen LogP contribution in [0.25, 0.3) is 11.4 Å². The summed E-state index contributed by atoms with van der Waals surface area (Å²) in [5, 5.41) is 13.7. The van der Waals surface area contributed by atoms with Crippen LogP contribution in [-0.2, 0) is 29.7 Å². The van der Waals surface area contributed by atoms with E-state index in [2.05, 4.69) is 27.9 Å². The van der Waals surface area contributed by atoms with Crippen molar-refractivity contribution in [1.82, 2.24) is 30.4 Å². The second kappa shape index (κ2) is 15.0. The summed E-state index contributed by atoms with van der Waals surface area (Å²) in [6.45, 7) is 8.42. The number of hydrazine groups is 1. The van der Waals surface area contributed by atoms with E-state index in [-0.39, 0.29) is 49.7 Å². The highest BCUT2D eigenvalue weighted by atomic mass is 35.5. The maximum Gasteiger partial charge on any atom is 0.441 e. The lowest BCUT2D eigenvalue weighted by Gasteiger charge is -2.32. The quantitative estimate of drug-likeness (QED) is 0.319. The molecule has 0 radical (unpaired) electrons. The van der Waals surface area contributed by atoms with Crippen LogP contribution in [0.3, 0.4) is 0 Å². The maximum atomic E-state index is 13.5. The van der Waals surface area contributed by atoms with Gasteiger partial charge in [-0.05, 0) is 29.7 Å². The Hall–Kier alpha value is -3.38. The van der Waals surface area contributed by atoms with E-state index in [1.807, 2.05) is 56.1 Å². The van der Waals surface area contributed by atoms with E-state index in [9.17, 15) is 14.4 Å². The lowest BCUT2D eigenvalue weighted by atomic mass is 10.1. The third-order valence-electron chi connectivity index (χ3n) is 6.88. The number of rotatable bonds is 11. The van der Waals surface area contributed by atoms with Gasteiger partial charge in [0, 0.05) is 57.6 Å². The predicted molar refractivity (Wildman–Crippen MR) is 163 cm³/mol. The Morgan fingerprint density at radius 3 is 2.29 bits per heavy atom. The molecule has 0 bridgehead atoms. The molecular formula is C28H39Cl2N7O4. The molecule has 11 nitrogen and oxygen atoms in total. The molecule has 2 aromatic carbocycles. The van der Waals surface area contributed by atoms with Gasteiger partial charge in [0.2, 0.25) is 5.91 Å². The lowest BCUT2D eigenvalue weighted by Crippen LogP contribution is -2.48. The number of amides is 2. The molecule has 1 aliphatic heterocycles. The molecule has 0 aliphatic carbocycles. The standard InChI is InChI=1S/C28H37N7O4.2ClH/c1-19(2)29-12-13-30-25(36)17-34(18-26(37)33(5)35-15-22-8-6-7-9-23(22)16-35)24-14-21(11-10-20(24)3)27-31-39-28(38)32(27)4;;/h6-11,14,19,29H,12-13,15-18H2,1-5H3,(H,30,36);2*1H. The molecule has 3 aromatic rings. The Labute approximate surface area is 252 Å². The second-order valence-electron chi connectivity index (χ2n) is 10.2. The van der Waals surface area contributed by atoms with E-state index in [0.29, 0.717) is 49.3 Å². The summed E-state index contributed by atoms with van der Waals surface area (Å²) in [6.07, 6.45) is 0. The highest BCUT2D eigenvalue weighted by molar-refractivity contribution is 5.87. The fourth-order valence-electron chi connectivity index (χ4n) is 4.60. The number of hydrogen-bond acceptors (Lipinski definition) is 8. The van der Waals surface area contributed by atoms with Gasteiger partial charge in [-0.3, -0.25) is 23.7 Å². The summed E-state index contributed by atoms with van der Waals surface area (Å²) in [7, 11) is 3.34. The number of fused-ring (bicyclic) bond motifs is 1. The Kier molecular flexibility index (Phi) is 12.4. The van der Waals surface area contributed by atoms with Gasteiger partial charge in [0.25, 0.3) is 5.91 Å². The zero-order chi connectivity index (χ0) is 28.1. The molecule has 0 atom stereocenters. The molecule has 2 N–H and O–H groups in total. The third-order valence-corrected chi connectivity index (χ3v) is 6.88. The number of nitrogens with zero attached hydrogens (tertiary/aromatic N) is 5. The molecule has 0 unspecified atom stereocenters. The lowest BCUT2D eigenvalue weighted by molar-refractivity contribution is -0.145. The fraction of sp³-hybridized carbons (Fsp3) is 0.429. The molecule has 0 fully saturated rings. The van der Waals surface area contributed by atoms with Crippen molar-refractivity contribution in [3.63, 3.8) is 0 Å². The Bertz CT molecular complexity index is 1370. The number of nitrogens with one attached hydrogen (secondary N) is 2. The van der Waals surface area contributed by atoms with E-state index >= 15 is 0 Å². The van der Waals surface area contributed by atoms with Crippen LogP contribution in [0.5, 0.6) is 0 Å². The molecule has 2 heterocycles. The van der Waals surface area contributed by atoms with E-state index in [0.717, 1.165) is 5.56 Å². The minimum atomic E-state index is -0.568. The molecule has 1 aromatic heterocycles. The van der Waals surface area contributed by atoms with Crippen LogP contribution < -0.4 is 21.3 Å². The SMILES string of the molecule is Cc1ccc(-c2noc(=O)n2C)cc1N(CC(=O)NCCNC(C)C)CC(=O)N(C)N1Cc2ccccc2C1.Cl.Cl. The second-order valence-corrected chi connectivity index (χ2v) is 10.2. The normalized spacial score (nSPS) is 12.3. The minimum absolute atomic E-state index is 0. The third kappa shape index (κ3) is 8.32. The number of anilines is 1.